The number of pyridine rings is 2. The summed E-state index contributed by atoms with van der Waals surface area (Å²) >= 11 is 0. The largest absolute Gasteiger partial charge is 0.265 e. The van der Waals surface area contributed by atoms with Crippen LogP contribution in [0.5, 0.6) is 0 Å². The van der Waals surface area contributed by atoms with Crippen LogP contribution in [0, 0.1) is 23.7 Å². The first-order valence-corrected chi connectivity index (χ1v) is 12.1. The van der Waals surface area contributed by atoms with E-state index in [0.29, 0.717) is 0 Å². The standard InChI is InChI=1S/C34H20N2/c1-2-6-28-27(5-1)33-29-7-3-4-8-30(29)34(28)32-26(12-10-24-17-21-36-22-18-24)14-13-25(31(32)33)11-9-23-15-19-35-20-16-23/h1-8,13-22,33-34H. The van der Waals surface area contributed by atoms with Gasteiger partial charge in [0.2, 0.25) is 0 Å². The molecule has 0 atom stereocenters. The Labute approximate surface area is 210 Å². The van der Waals surface area contributed by atoms with E-state index in [0.717, 1.165) is 22.3 Å². The molecule has 0 saturated heterocycles. The summed E-state index contributed by atoms with van der Waals surface area (Å²) in [5, 5.41) is 0. The lowest BCUT2D eigenvalue weighted by molar-refractivity contribution is 0.750. The molecule has 0 spiro atoms. The maximum Gasteiger partial charge on any atom is 0.0362 e. The molecule has 0 aliphatic heterocycles. The molecule has 2 bridgehead atoms. The molecule has 2 aromatic heterocycles. The molecule has 2 heterocycles. The van der Waals surface area contributed by atoms with E-state index in [4.69, 9.17) is 0 Å². The van der Waals surface area contributed by atoms with Crippen LogP contribution in [0.3, 0.4) is 0 Å². The second-order valence-corrected chi connectivity index (χ2v) is 9.08. The van der Waals surface area contributed by atoms with Crippen LogP contribution in [0.1, 0.15) is 67.5 Å². The van der Waals surface area contributed by atoms with Crippen LogP contribution in [0.25, 0.3) is 0 Å². The average Bonchev–Trinajstić information content (AvgIpc) is 2.96. The first-order valence-electron chi connectivity index (χ1n) is 12.1. The fourth-order valence-electron chi connectivity index (χ4n) is 5.66. The van der Waals surface area contributed by atoms with E-state index in [2.05, 4.69) is 94.3 Å². The highest BCUT2D eigenvalue weighted by atomic mass is 14.6. The average molecular weight is 457 g/mol. The fraction of sp³-hybridized carbons (Fsp3) is 0.0588. The lowest BCUT2D eigenvalue weighted by Crippen LogP contribution is -2.29. The molecule has 5 aromatic rings. The topological polar surface area (TPSA) is 25.8 Å². The summed E-state index contributed by atoms with van der Waals surface area (Å²) in [4.78, 5) is 8.24. The summed E-state index contributed by atoms with van der Waals surface area (Å²) in [6, 6.07) is 29.8. The van der Waals surface area contributed by atoms with Gasteiger partial charge in [0.15, 0.2) is 0 Å². The zero-order chi connectivity index (χ0) is 23.9. The van der Waals surface area contributed by atoms with Gasteiger partial charge >= 0.3 is 0 Å². The van der Waals surface area contributed by atoms with Crippen LogP contribution in [0.15, 0.2) is 110 Å². The van der Waals surface area contributed by atoms with Gasteiger partial charge in [0.1, 0.15) is 0 Å². The minimum absolute atomic E-state index is 0.141. The van der Waals surface area contributed by atoms with E-state index >= 15 is 0 Å². The molecule has 3 aromatic carbocycles. The zero-order valence-electron chi connectivity index (χ0n) is 19.4. The first-order chi connectivity index (χ1) is 17.9. The molecule has 0 unspecified atom stereocenters. The van der Waals surface area contributed by atoms with Gasteiger partial charge in [-0.05, 0) is 69.8 Å². The highest BCUT2D eigenvalue weighted by molar-refractivity contribution is 5.74. The molecular formula is C34H20N2. The lowest BCUT2D eigenvalue weighted by atomic mass is 9.59. The Morgan fingerprint density at radius 2 is 0.778 bits per heavy atom. The third kappa shape index (κ3) is 3.24. The molecule has 36 heavy (non-hydrogen) atoms. The summed E-state index contributed by atoms with van der Waals surface area (Å²) in [5.74, 6) is 14.0. The smallest absolute Gasteiger partial charge is 0.0362 e. The van der Waals surface area contributed by atoms with Gasteiger partial charge in [0.05, 0.1) is 0 Å². The van der Waals surface area contributed by atoms with Crippen molar-refractivity contribution in [3.8, 4) is 23.7 Å². The van der Waals surface area contributed by atoms with Gasteiger partial charge < -0.3 is 0 Å². The second kappa shape index (κ2) is 8.38. The van der Waals surface area contributed by atoms with Crippen molar-refractivity contribution >= 4 is 0 Å². The van der Waals surface area contributed by atoms with Gasteiger partial charge in [-0.25, -0.2) is 0 Å². The third-order valence-electron chi connectivity index (χ3n) is 7.14. The van der Waals surface area contributed by atoms with Crippen molar-refractivity contribution in [2.24, 2.45) is 0 Å². The van der Waals surface area contributed by atoms with Crippen molar-refractivity contribution in [2.75, 3.05) is 0 Å². The van der Waals surface area contributed by atoms with Gasteiger partial charge in [-0.15, -0.1) is 0 Å². The zero-order valence-corrected chi connectivity index (χ0v) is 19.4. The van der Waals surface area contributed by atoms with E-state index in [1.54, 1.807) is 24.8 Å². The summed E-state index contributed by atoms with van der Waals surface area (Å²) in [7, 11) is 0. The number of aromatic nitrogens is 2. The summed E-state index contributed by atoms with van der Waals surface area (Å²) in [5.41, 5.74) is 12.1. The van der Waals surface area contributed by atoms with Crippen molar-refractivity contribution in [3.05, 3.63) is 165 Å². The van der Waals surface area contributed by atoms with E-state index in [9.17, 15) is 0 Å². The Bertz CT molecular complexity index is 1570. The maximum absolute atomic E-state index is 4.12. The van der Waals surface area contributed by atoms with Crippen molar-refractivity contribution < 1.29 is 0 Å². The van der Waals surface area contributed by atoms with Gasteiger partial charge in [-0.3, -0.25) is 9.97 Å². The molecule has 3 aliphatic carbocycles. The minimum Gasteiger partial charge on any atom is -0.265 e. The predicted octanol–water partition coefficient (Wildman–Crippen LogP) is 6.26. The van der Waals surface area contributed by atoms with Gasteiger partial charge in [0, 0.05) is 58.9 Å². The summed E-state index contributed by atoms with van der Waals surface area (Å²) in [6.07, 6.45) is 7.13. The molecule has 0 radical (unpaired) electrons. The molecule has 0 saturated carbocycles. The van der Waals surface area contributed by atoms with E-state index in [1.807, 2.05) is 24.3 Å². The van der Waals surface area contributed by atoms with E-state index < -0.39 is 0 Å². The lowest BCUT2D eigenvalue weighted by Gasteiger charge is -2.43. The van der Waals surface area contributed by atoms with Crippen molar-refractivity contribution in [1.82, 2.24) is 9.97 Å². The van der Waals surface area contributed by atoms with E-state index in [-0.39, 0.29) is 11.8 Å². The first kappa shape index (κ1) is 20.5. The third-order valence-corrected chi connectivity index (χ3v) is 7.14. The Morgan fingerprint density at radius 3 is 1.14 bits per heavy atom. The minimum atomic E-state index is 0.141. The molecule has 0 fully saturated rings. The molecule has 2 nitrogen and oxygen atoms in total. The van der Waals surface area contributed by atoms with Crippen LogP contribution >= 0.6 is 0 Å². The molecule has 0 amide bonds. The van der Waals surface area contributed by atoms with Crippen LogP contribution in [0.2, 0.25) is 0 Å². The molecule has 3 aliphatic rings. The monoisotopic (exact) mass is 456 g/mol. The van der Waals surface area contributed by atoms with Crippen molar-refractivity contribution in [3.63, 3.8) is 0 Å². The normalized spacial score (nSPS) is 15.9. The molecular weight excluding hydrogens is 436 g/mol. The maximum atomic E-state index is 4.12. The summed E-state index contributed by atoms with van der Waals surface area (Å²) < 4.78 is 0. The predicted molar refractivity (Wildman–Crippen MR) is 142 cm³/mol. The van der Waals surface area contributed by atoms with Crippen molar-refractivity contribution in [2.45, 2.75) is 11.8 Å². The molecule has 2 heteroatoms. The number of nitrogens with zero attached hydrogens (tertiary/aromatic N) is 2. The summed E-state index contributed by atoms with van der Waals surface area (Å²) in [6.45, 7) is 0. The van der Waals surface area contributed by atoms with E-state index in [1.165, 1.54) is 33.4 Å². The van der Waals surface area contributed by atoms with Crippen LogP contribution in [0.4, 0.5) is 0 Å². The Kier molecular flexibility index (Phi) is 4.76. The molecule has 0 N–H and O–H groups in total. The van der Waals surface area contributed by atoms with Gasteiger partial charge in [-0.2, -0.15) is 0 Å². The number of benzene rings is 3. The van der Waals surface area contributed by atoms with Gasteiger partial charge in [-0.1, -0.05) is 72.2 Å². The SMILES string of the molecule is C(#Cc1ccc(C#Cc2ccncc2)c2c1C1c3ccccc3C2c2ccccc21)c1ccncc1. The molecule has 8 rings (SSSR count). The quantitative estimate of drug-likeness (QED) is 0.252. The van der Waals surface area contributed by atoms with Crippen LogP contribution in [-0.2, 0) is 0 Å². The Morgan fingerprint density at radius 1 is 0.417 bits per heavy atom. The number of hydrogen-bond acceptors (Lipinski definition) is 2. The fourth-order valence-corrected chi connectivity index (χ4v) is 5.66. The Balaban J connectivity index is 1.50. The second-order valence-electron chi connectivity index (χ2n) is 9.08. The number of rotatable bonds is 0. The van der Waals surface area contributed by atoms with Crippen molar-refractivity contribution in [1.29, 1.82) is 0 Å². The van der Waals surface area contributed by atoms with Crippen LogP contribution < -0.4 is 0 Å². The molecule has 166 valence electrons. The van der Waals surface area contributed by atoms with Crippen LogP contribution in [-0.4, -0.2) is 9.97 Å². The van der Waals surface area contributed by atoms with Gasteiger partial charge in [0.25, 0.3) is 0 Å². The highest BCUT2D eigenvalue weighted by Gasteiger charge is 2.43. The number of hydrogen-bond donors (Lipinski definition) is 0. The highest BCUT2D eigenvalue weighted by Crippen LogP contribution is 2.57. The Hall–Kier alpha value is -4.92.